The molecule has 6 nitrogen and oxygen atoms in total. The van der Waals surface area contributed by atoms with Gasteiger partial charge in [0.05, 0.1) is 24.7 Å². The number of nitrogens with zero attached hydrogens (tertiary/aromatic N) is 2. The highest BCUT2D eigenvalue weighted by Crippen LogP contribution is 2.24. The van der Waals surface area contributed by atoms with Crippen LogP contribution in [0.4, 0.5) is 5.69 Å². The first-order valence-corrected chi connectivity index (χ1v) is 7.44. The number of nitrogens with one attached hydrogen (secondary N) is 1. The van der Waals surface area contributed by atoms with Gasteiger partial charge < -0.3 is 14.6 Å². The third kappa shape index (κ3) is 3.77. The molecule has 2 rings (SSSR count). The van der Waals surface area contributed by atoms with Crippen molar-refractivity contribution in [3.63, 3.8) is 0 Å². The molecule has 0 fully saturated rings. The minimum atomic E-state index is -0.474. The molecular formula is C17H21N3O3. The van der Waals surface area contributed by atoms with Crippen molar-refractivity contribution < 1.29 is 14.3 Å². The van der Waals surface area contributed by atoms with Crippen molar-refractivity contribution in [2.45, 2.75) is 32.7 Å². The van der Waals surface area contributed by atoms with E-state index in [-0.39, 0.29) is 11.8 Å². The largest absolute Gasteiger partial charge is 0.465 e. The molecule has 0 saturated carbocycles. The van der Waals surface area contributed by atoms with E-state index in [0.29, 0.717) is 11.3 Å². The Labute approximate surface area is 135 Å². The van der Waals surface area contributed by atoms with E-state index in [1.807, 2.05) is 19.9 Å². The molecule has 0 radical (unpaired) electrons. The standard InChI is InChI=1S/C17H21N3O3/c1-11(2)13-5-6-15(14(9-13)17(22)23-4)19-16(21)12(3)20-8-7-18-10-20/h5-12H,1-4H3,(H,19,21)/t12-/m0/s1. The van der Waals surface area contributed by atoms with Crippen LogP contribution in [0.2, 0.25) is 0 Å². The van der Waals surface area contributed by atoms with Crippen LogP contribution in [0.15, 0.2) is 36.9 Å². The number of carbonyl (C=O) groups excluding carboxylic acids is 2. The molecule has 1 atom stereocenters. The average molecular weight is 315 g/mol. The first kappa shape index (κ1) is 16.7. The lowest BCUT2D eigenvalue weighted by molar-refractivity contribution is -0.118. The highest BCUT2D eigenvalue weighted by molar-refractivity contribution is 6.02. The predicted octanol–water partition coefficient (Wildman–Crippen LogP) is 2.99. The summed E-state index contributed by atoms with van der Waals surface area (Å²) in [4.78, 5) is 28.3. The minimum Gasteiger partial charge on any atom is -0.465 e. The molecule has 0 spiro atoms. The van der Waals surface area contributed by atoms with Crippen molar-refractivity contribution in [1.82, 2.24) is 9.55 Å². The smallest absolute Gasteiger partial charge is 0.339 e. The number of hydrogen-bond donors (Lipinski definition) is 1. The van der Waals surface area contributed by atoms with E-state index >= 15 is 0 Å². The van der Waals surface area contributed by atoms with Crippen molar-refractivity contribution in [2.75, 3.05) is 12.4 Å². The van der Waals surface area contributed by atoms with Crippen molar-refractivity contribution in [3.8, 4) is 0 Å². The summed E-state index contributed by atoms with van der Waals surface area (Å²) in [6.45, 7) is 5.84. The SMILES string of the molecule is COC(=O)c1cc(C(C)C)ccc1NC(=O)[C@H](C)n1ccnc1. The van der Waals surface area contributed by atoms with E-state index in [9.17, 15) is 9.59 Å². The number of rotatable bonds is 5. The third-order valence-electron chi connectivity index (χ3n) is 3.72. The molecule has 1 N–H and O–H groups in total. The Hall–Kier alpha value is -2.63. The lowest BCUT2D eigenvalue weighted by Crippen LogP contribution is -2.24. The second-order valence-corrected chi connectivity index (χ2v) is 5.63. The molecule has 1 heterocycles. The van der Waals surface area contributed by atoms with E-state index < -0.39 is 12.0 Å². The van der Waals surface area contributed by atoms with Gasteiger partial charge in [-0.25, -0.2) is 9.78 Å². The van der Waals surface area contributed by atoms with Crippen molar-refractivity contribution in [3.05, 3.63) is 48.0 Å². The first-order chi connectivity index (χ1) is 10.9. The molecule has 1 amide bonds. The molecule has 23 heavy (non-hydrogen) atoms. The van der Waals surface area contributed by atoms with Crippen LogP contribution in [0.1, 0.15) is 48.7 Å². The van der Waals surface area contributed by atoms with Crippen molar-refractivity contribution >= 4 is 17.6 Å². The van der Waals surface area contributed by atoms with Crippen LogP contribution in [-0.4, -0.2) is 28.5 Å². The van der Waals surface area contributed by atoms with Gasteiger partial charge in [0, 0.05) is 12.4 Å². The molecule has 1 aromatic heterocycles. The molecule has 0 unspecified atom stereocenters. The van der Waals surface area contributed by atoms with Gasteiger partial charge in [-0.2, -0.15) is 0 Å². The average Bonchev–Trinajstić information content (AvgIpc) is 3.07. The molecule has 0 aliphatic heterocycles. The van der Waals surface area contributed by atoms with Crippen LogP contribution in [0.3, 0.4) is 0 Å². The van der Waals surface area contributed by atoms with Gasteiger partial charge in [-0.05, 0) is 30.5 Å². The fraction of sp³-hybridized carbons (Fsp3) is 0.353. The van der Waals surface area contributed by atoms with E-state index in [4.69, 9.17) is 4.74 Å². The summed E-state index contributed by atoms with van der Waals surface area (Å²) in [5.41, 5.74) is 1.80. The molecule has 0 aliphatic carbocycles. The molecular weight excluding hydrogens is 294 g/mol. The summed E-state index contributed by atoms with van der Waals surface area (Å²) >= 11 is 0. The number of methoxy groups -OCH3 is 1. The summed E-state index contributed by atoms with van der Waals surface area (Å²) < 4.78 is 6.51. The summed E-state index contributed by atoms with van der Waals surface area (Å²) in [5, 5.41) is 2.79. The summed E-state index contributed by atoms with van der Waals surface area (Å²) in [6, 6.07) is 4.95. The Morgan fingerprint density at radius 3 is 2.57 bits per heavy atom. The van der Waals surface area contributed by atoms with Gasteiger partial charge in [0.25, 0.3) is 0 Å². The monoisotopic (exact) mass is 315 g/mol. The quantitative estimate of drug-likeness (QED) is 0.861. The normalized spacial score (nSPS) is 12.0. The van der Waals surface area contributed by atoms with Gasteiger partial charge in [0.15, 0.2) is 0 Å². The Bertz CT molecular complexity index is 693. The van der Waals surface area contributed by atoms with E-state index in [1.54, 1.807) is 42.3 Å². The highest BCUT2D eigenvalue weighted by atomic mass is 16.5. The molecule has 122 valence electrons. The lowest BCUT2D eigenvalue weighted by atomic mass is 9.99. The topological polar surface area (TPSA) is 73.2 Å². The minimum absolute atomic E-state index is 0.231. The first-order valence-electron chi connectivity index (χ1n) is 7.44. The maximum Gasteiger partial charge on any atom is 0.339 e. The summed E-state index contributed by atoms with van der Waals surface area (Å²) in [6.07, 6.45) is 4.90. The van der Waals surface area contributed by atoms with Gasteiger partial charge in [-0.1, -0.05) is 19.9 Å². The predicted molar refractivity (Wildman–Crippen MR) is 87.4 cm³/mol. The number of benzene rings is 1. The molecule has 1 aromatic carbocycles. The Morgan fingerprint density at radius 2 is 2.00 bits per heavy atom. The van der Waals surface area contributed by atoms with Gasteiger partial charge in [0.1, 0.15) is 6.04 Å². The van der Waals surface area contributed by atoms with Crippen LogP contribution in [0.5, 0.6) is 0 Å². The van der Waals surface area contributed by atoms with Crippen LogP contribution >= 0.6 is 0 Å². The van der Waals surface area contributed by atoms with Gasteiger partial charge >= 0.3 is 5.97 Å². The van der Waals surface area contributed by atoms with E-state index in [2.05, 4.69) is 10.3 Å². The fourth-order valence-electron chi connectivity index (χ4n) is 2.18. The molecule has 2 aromatic rings. The molecule has 0 aliphatic rings. The van der Waals surface area contributed by atoms with Gasteiger partial charge in [-0.3, -0.25) is 4.79 Å². The van der Waals surface area contributed by atoms with Crippen LogP contribution in [-0.2, 0) is 9.53 Å². The summed E-state index contributed by atoms with van der Waals surface area (Å²) in [7, 11) is 1.32. The molecule has 0 bridgehead atoms. The van der Waals surface area contributed by atoms with Crippen LogP contribution in [0, 0.1) is 0 Å². The number of hydrogen-bond acceptors (Lipinski definition) is 4. The van der Waals surface area contributed by atoms with Crippen molar-refractivity contribution in [1.29, 1.82) is 0 Å². The maximum atomic E-state index is 12.4. The van der Waals surface area contributed by atoms with Crippen LogP contribution < -0.4 is 5.32 Å². The highest BCUT2D eigenvalue weighted by Gasteiger charge is 2.19. The maximum absolute atomic E-state index is 12.4. The van der Waals surface area contributed by atoms with E-state index in [0.717, 1.165) is 5.56 Å². The zero-order chi connectivity index (χ0) is 17.0. The Kier molecular flexibility index (Phi) is 5.16. The van der Waals surface area contributed by atoms with Gasteiger partial charge in [-0.15, -0.1) is 0 Å². The van der Waals surface area contributed by atoms with Crippen molar-refractivity contribution in [2.24, 2.45) is 0 Å². The number of esters is 1. The number of anilines is 1. The Balaban J connectivity index is 2.28. The number of amides is 1. The second kappa shape index (κ2) is 7.09. The summed E-state index contributed by atoms with van der Waals surface area (Å²) in [5.74, 6) is -0.434. The zero-order valence-corrected chi connectivity index (χ0v) is 13.7. The third-order valence-corrected chi connectivity index (χ3v) is 3.72. The zero-order valence-electron chi connectivity index (χ0n) is 13.7. The number of carbonyl (C=O) groups is 2. The van der Waals surface area contributed by atoms with E-state index in [1.165, 1.54) is 7.11 Å². The van der Waals surface area contributed by atoms with Gasteiger partial charge in [0.2, 0.25) is 5.91 Å². The Morgan fingerprint density at radius 1 is 1.26 bits per heavy atom. The lowest BCUT2D eigenvalue weighted by Gasteiger charge is -2.16. The second-order valence-electron chi connectivity index (χ2n) is 5.63. The number of ether oxygens (including phenoxy) is 1. The fourth-order valence-corrected chi connectivity index (χ4v) is 2.18. The molecule has 0 saturated heterocycles. The number of aromatic nitrogens is 2. The van der Waals surface area contributed by atoms with Crippen LogP contribution in [0.25, 0.3) is 0 Å². The number of imidazole rings is 1. The molecule has 6 heteroatoms.